The molecule has 0 radical (unpaired) electrons. The fourth-order valence-corrected chi connectivity index (χ4v) is 4.59. The number of hydrogen-bond acceptors (Lipinski definition) is 5. The van der Waals surface area contributed by atoms with Crippen molar-refractivity contribution < 1.29 is 4.79 Å². The van der Waals surface area contributed by atoms with Gasteiger partial charge in [-0.15, -0.1) is 0 Å². The molecule has 0 unspecified atom stereocenters. The van der Waals surface area contributed by atoms with Crippen molar-refractivity contribution in [3.05, 3.63) is 70.3 Å². The van der Waals surface area contributed by atoms with E-state index in [4.69, 9.17) is 0 Å². The van der Waals surface area contributed by atoms with Gasteiger partial charge in [0.05, 0.1) is 45.4 Å². The van der Waals surface area contributed by atoms with Gasteiger partial charge in [-0.25, -0.2) is 4.79 Å². The smallest absolute Gasteiger partial charge is 0.333 e. The Morgan fingerprint density at radius 3 is 2.54 bits per heavy atom. The molecule has 0 saturated carbocycles. The van der Waals surface area contributed by atoms with Crippen LogP contribution in [-0.2, 0) is 20.5 Å². The summed E-state index contributed by atoms with van der Waals surface area (Å²) in [7, 11) is 3.58. The van der Waals surface area contributed by atoms with E-state index >= 15 is 0 Å². The van der Waals surface area contributed by atoms with Crippen molar-refractivity contribution in [2.45, 2.75) is 27.2 Å². The first-order valence-corrected chi connectivity index (χ1v) is 11.6. The topological polar surface area (TPSA) is 99.6 Å². The Morgan fingerprint density at radius 1 is 1.06 bits per heavy atom. The highest BCUT2D eigenvalue weighted by atomic mass is 16.2. The summed E-state index contributed by atoms with van der Waals surface area (Å²) < 4.78 is 5.00. The van der Waals surface area contributed by atoms with Gasteiger partial charge in [-0.2, -0.15) is 5.10 Å². The molecule has 1 aromatic carbocycles. The first-order valence-electron chi connectivity index (χ1n) is 11.6. The summed E-state index contributed by atoms with van der Waals surface area (Å²) in [4.78, 5) is 35.1. The zero-order valence-electron chi connectivity index (χ0n) is 20.5. The van der Waals surface area contributed by atoms with E-state index in [0.29, 0.717) is 18.5 Å². The molecule has 0 saturated heterocycles. The molecule has 4 aromatic heterocycles. The number of hydrogen-bond donors (Lipinski definition) is 1. The van der Waals surface area contributed by atoms with Crippen LogP contribution in [-0.4, -0.2) is 41.3 Å². The van der Waals surface area contributed by atoms with Crippen LogP contribution in [0.15, 0.2) is 47.7 Å². The van der Waals surface area contributed by atoms with E-state index in [1.807, 2.05) is 58.3 Å². The maximum atomic E-state index is 13.3. The van der Waals surface area contributed by atoms with E-state index in [2.05, 4.69) is 20.4 Å². The molecule has 9 nitrogen and oxygen atoms in total. The van der Waals surface area contributed by atoms with Crippen molar-refractivity contribution in [3.63, 3.8) is 0 Å². The van der Waals surface area contributed by atoms with Crippen LogP contribution in [0.4, 0.5) is 0 Å². The number of aromatic nitrogens is 6. The third-order valence-electron chi connectivity index (χ3n) is 6.33. The number of fused-ring (bicyclic) bond motifs is 3. The number of rotatable bonds is 5. The van der Waals surface area contributed by atoms with E-state index in [-0.39, 0.29) is 11.6 Å². The van der Waals surface area contributed by atoms with Gasteiger partial charge in [-0.3, -0.25) is 28.6 Å². The summed E-state index contributed by atoms with van der Waals surface area (Å²) in [6.45, 7) is 6.31. The van der Waals surface area contributed by atoms with Gasteiger partial charge in [0.15, 0.2) is 0 Å². The Morgan fingerprint density at radius 2 is 1.86 bits per heavy atom. The first kappa shape index (κ1) is 22.5. The van der Waals surface area contributed by atoms with Crippen LogP contribution in [0.1, 0.15) is 35.6 Å². The maximum Gasteiger partial charge on any atom is 0.333 e. The largest absolute Gasteiger partial charge is 0.352 e. The Hall–Kier alpha value is -4.27. The molecule has 35 heavy (non-hydrogen) atoms. The van der Waals surface area contributed by atoms with Gasteiger partial charge in [-0.05, 0) is 44.0 Å². The zero-order valence-corrected chi connectivity index (χ0v) is 20.5. The molecule has 0 aliphatic heterocycles. The molecule has 9 heteroatoms. The van der Waals surface area contributed by atoms with E-state index in [1.165, 1.54) is 0 Å². The standard InChI is InChI=1S/C26H27N7O2/c1-6-20-19(25(34)27-7-2)11-17(12-28-20)16-8-9-21-18(10-16)24-22(13-29-21)32(5)26(35)33(24)23-14-31(4)30-15(23)3/h8-14H,6-7H2,1-5H3,(H,27,34). The van der Waals surface area contributed by atoms with Crippen LogP contribution in [0, 0.1) is 6.92 Å². The van der Waals surface area contributed by atoms with Gasteiger partial charge < -0.3 is 5.32 Å². The van der Waals surface area contributed by atoms with Gasteiger partial charge in [0, 0.05) is 44.0 Å². The molecule has 0 fully saturated rings. The predicted octanol–water partition coefficient (Wildman–Crippen LogP) is 3.29. The van der Waals surface area contributed by atoms with Crippen LogP contribution >= 0.6 is 0 Å². The lowest BCUT2D eigenvalue weighted by Crippen LogP contribution is -2.24. The first-order chi connectivity index (χ1) is 16.8. The number of pyridine rings is 2. The fraction of sp³-hybridized carbons (Fsp3) is 0.269. The molecule has 1 amide bonds. The summed E-state index contributed by atoms with van der Waals surface area (Å²) in [5, 5.41) is 8.14. The van der Waals surface area contributed by atoms with E-state index < -0.39 is 0 Å². The second kappa shape index (κ2) is 8.50. The normalized spacial score (nSPS) is 11.5. The lowest BCUT2D eigenvalue weighted by atomic mass is 10.0. The minimum Gasteiger partial charge on any atom is -0.352 e. The third kappa shape index (κ3) is 3.60. The Kier molecular flexibility index (Phi) is 5.47. The summed E-state index contributed by atoms with van der Waals surface area (Å²) in [6.07, 6.45) is 6.03. The van der Waals surface area contributed by atoms with Crippen LogP contribution in [0.25, 0.3) is 38.8 Å². The van der Waals surface area contributed by atoms with Crippen LogP contribution < -0.4 is 11.0 Å². The van der Waals surface area contributed by atoms with Crippen molar-refractivity contribution in [2.24, 2.45) is 14.1 Å². The zero-order chi connectivity index (χ0) is 24.9. The van der Waals surface area contributed by atoms with Crippen molar-refractivity contribution in [1.29, 1.82) is 0 Å². The van der Waals surface area contributed by atoms with Crippen LogP contribution in [0.2, 0.25) is 0 Å². The Labute approximate surface area is 202 Å². The maximum absolute atomic E-state index is 13.3. The van der Waals surface area contributed by atoms with Gasteiger partial charge in [0.25, 0.3) is 5.91 Å². The number of imidazole rings is 1. The molecule has 0 aliphatic rings. The highest BCUT2D eigenvalue weighted by molar-refractivity contribution is 6.05. The molecule has 0 atom stereocenters. The molecule has 0 spiro atoms. The van der Waals surface area contributed by atoms with E-state index in [1.54, 1.807) is 33.3 Å². The van der Waals surface area contributed by atoms with Crippen molar-refractivity contribution >= 4 is 27.8 Å². The second-order valence-corrected chi connectivity index (χ2v) is 8.61. The van der Waals surface area contributed by atoms with Gasteiger partial charge >= 0.3 is 5.69 Å². The van der Waals surface area contributed by atoms with E-state index in [9.17, 15) is 9.59 Å². The second-order valence-electron chi connectivity index (χ2n) is 8.61. The number of benzene rings is 1. The average molecular weight is 470 g/mol. The highest BCUT2D eigenvalue weighted by Gasteiger charge is 2.20. The molecule has 0 bridgehead atoms. The molecule has 5 rings (SSSR count). The molecule has 1 N–H and O–H groups in total. The number of carbonyl (C=O) groups excluding carboxylic acids is 1. The molecule has 178 valence electrons. The summed E-state index contributed by atoms with van der Waals surface area (Å²) in [5.74, 6) is -0.132. The summed E-state index contributed by atoms with van der Waals surface area (Å²) in [5.41, 5.74) is 6.63. The predicted molar refractivity (Wildman–Crippen MR) is 136 cm³/mol. The average Bonchev–Trinajstić information content (AvgIpc) is 3.32. The van der Waals surface area contributed by atoms with Crippen molar-refractivity contribution in [2.75, 3.05) is 6.54 Å². The summed E-state index contributed by atoms with van der Waals surface area (Å²) in [6, 6.07) is 7.79. The summed E-state index contributed by atoms with van der Waals surface area (Å²) >= 11 is 0. The third-order valence-corrected chi connectivity index (χ3v) is 6.33. The Bertz CT molecular complexity index is 1670. The minimum absolute atomic E-state index is 0.132. The van der Waals surface area contributed by atoms with Gasteiger partial charge in [0.1, 0.15) is 0 Å². The molecular weight excluding hydrogens is 442 g/mol. The van der Waals surface area contributed by atoms with E-state index in [0.717, 1.165) is 50.1 Å². The molecule has 0 aliphatic carbocycles. The molecular formula is C26H27N7O2. The Balaban J connectivity index is 1.78. The number of nitrogens with zero attached hydrogens (tertiary/aromatic N) is 6. The van der Waals surface area contributed by atoms with Crippen molar-refractivity contribution in [1.82, 2.24) is 34.2 Å². The van der Waals surface area contributed by atoms with Crippen molar-refractivity contribution in [3.8, 4) is 16.8 Å². The minimum atomic E-state index is -0.164. The highest BCUT2D eigenvalue weighted by Crippen LogP contribution is 2.30. The van der Waals surface area contributed by atoms with Crippen LogP contribution in [0.3, 0.4) is 0 Å². The number of amides is 1. The molecule has 5 aromatic rings. The van der Waals surface area contributed by atoms with Crippen LogP contribution in [0.5, 0.6) is 0 Å². The monoisotopic (exact) mass is 469 g/mol. The van der Waals surface area contributed by atoms with Gasteiger partial charge in [0.2, 0.25) is 0 Å². The quantitative estimate of drug-likeness (QED) is 0.426. The lowest BCUT2D eigenvalue weighted by Gasteiger charge is -2.11. The molecule has 4 heterocycles. The lowest BCUT2D eigenvalue weighted by molar-refractivity contribution is 0.0954. The number of nitrogens with one attached hydrogen (secondary N) is 1. The fourth-order valence-electron chi connectivity index (χ4n) is 4.59. The SMILES string of the molecule is CCNC(=O)c1cc(-c2ccc3ncc4c(c3c2)n(-c2cn(C)nc2C)c(=O)n4C)cnc1CC. The number of aryl methyl sites for hydroxylation is 4. The number of carbonyl (C=O) groups is 1. The van der Waals surface area contributed by atoms with Gasteiger partial charge in [-0.1, -0.05) is 13.0 Å².